The minimum atomic E-state index is -3.47. The molecule has 2 aliphatic rings. The molecule has 3 heterocycles. The third-order valence-electron chi connectivity index (χ3n) is 4.21. The van der Waals surface area contributed by atoms with Gasteiger partial charge in [0.15, 0.2) is 0 Å². The highest BCUT2D eigenvalue weighted by Gasteiger charge is 2.34. The van der Waals surface area contributed by atoms with Gasteiger partial charge in [-0.15, -0.1) is 11.3 Å². The highest BCUT2D eigenvalue weighted by molar-refractivity contribution is 7.86. The summed E-state index contributed by atoms with van der Waals surface area (Å²) in [5.74, 6) is 0. The van der Waals surface area contributed by atoms with Crippen LogP contribution in [0.4, 0.5) is 4.79 Å². The van der Waals surface area contributed by atoms with Crippen molar-refractivity contribution in [3.8, 4) is 0 Å². The molecule has 3 rings (SSSR count). The Balaban J connectivity index is 1.48. The molecule has 11 heteroatoms. The number of aromatic nitrogens is 1. The zero-order valence-corrected chi connectivity index (χ0v) is 15.8. The number of amides is 2. The van der Waals surface area contributed by atoms with Crippen LogP contribution in [0.5, 0.6) is 0 Å². The first-order valence-corrected chi connectivity index (χ1v) is 10.5. The summed E-state index contributed by atoms with van der Waals surface area (Å²) in [5, 5.41) is 5.64. The number of ether oxygens (including phenoxy) is 1. The lowest BCUT2D eigenvalue weighted by atomic mass is 10.4. The van der Waals surface area contributed by atoms with Gasteiger partial charge < -0.3 is 15.0 Å². The van der Waals surface area contributed by atoms with Crippen molar-refractivity contribution >= 4 is 27.6 Å². The maximum Gasteiger partial charge on any atom is 0.317 e. The third-order valence-corrected chi connectivity index (χ3v) is 7.21. The molecule has 1 N–H and O–H groups in total. The molecule has 2 aliphatic heterocycles. The molecule has 140 valence electrons. The Hall–Kier alpha value is -1.27. The van der Waals surface area contributed by atoms with Gasteiger partial charge in [-0.05, 0) is 6.92 Å². The Morgan fingerprint density at radius 2 is 1.84 bits per heavy atom. The van der Waals surface area contributed by atoms with Crippen molar-refractivity contribution in [2.24, 2.45) is 0 Å². The lowest BCUT2D eigenvalue weighted by Crippen LogP contribution is -2.57. The molecule has 25 heavy (non-hydrogen) atoms. The summed E-state index contributed by atoms with van der Waals surface area (Å²) in [6.07, 6.45) is 0. The summed E-state index contributed by atoms with van der Waals surface area (Å²) >= 11 is 1.51. The Morgan fingerprint density at radius 3 is 2.44 bits per heavy atom. The summed E-state index contributed by atoms with van der Waals surface area (Å²) in [5.41, 5.74) is 0.941. The van der Waals surface area contributed by atoms with Gasteiger partial charge in [-0.2, -0.15) is 17.0 Å². The number of rotatable bonds is 4. The lowest BCUT2D eigenvalue weighted by Gasteiger charge is -2.37. The predicted molar refractivity (Wildman–Crippen MR) is 93.5 cm³/mol. The average molecular weight is 390 g/mol. The first kappa shape index (κ1) is 18.5. The molecule has 0 radical (unpaired) electrons. The van der Waals surface area contributed by atoms with Crippen LogP contribution in [-0.2, 0) is 21.5 Å². The van der Waals surface area contributed by atoms with E-state index in [2.05, 4.69) is 10.3 Å². The molecular weight excluding hydrogens is 366 g/mol. The van der Waals surface area contributed by atoms with Gasteiger partial charge in [0.05, 0.1) is 19.8 Å². The van der Waals surface area contributed by atoms with Crippen molar-refractivity contribution in [3.63, 3.8) is 0 Å². The predicted octanol–water partition coefficient (Wildman–Crippen LogP) is -0.144. The Morgan fingerprint density at radius 1 is 1.20 bits per heavy atom. The summed E-state index contributed by atoms with van der Waals surface area (Å²) < 4.78 is 33.3. The maximum absolute atomic E-state index is 12.6. The largest absolute Gasteiger partial charge is 0.379 e. The molecular formula is C14H23N5O4S2. The number of carbonyl (C=O) groups is 1. The van der Waals surface area contributed by atoms with E-state index < -0.39 is 10.2 Å². The second-order valence-electron chi connectivity index (χ2n) is 5.95. The number of nitrogens with one attached hydrogen (secondary N) is 1. The summed E-state index contributed by atoms with van der Waals surface area (Å²) in [7, 11) is -3.47. The molecule has 0 aromatic carbocycles. The second kappa shape index (κ2) is 7.96. The van der Waals surface area contributed by atoms with Crippen molar-refractivity contribution in [1.29, 1.82) is 0 Å². The standard InChI is InChI=1S/C14H23N5O4S2/c1-12-11-24-13(16-12)10-15-14(20)17-2-4-18(5-3-17)25(21,22)19-6-8-23-9-7-19/h11H,2-10H2,1H3,(H,15,20). The molecule has 0 unspecified atom stereocenters. The van der Waals surface area contributed by atoms with E-state index in [0.29, 0.717) is 59.0 Å². The zero-order chi connectivity index (χ0) is 17.9. The van der Waals surface area contributed by atoms with Crippen LogP contribution in [0.2, 0.25) is 0 Å². The Kier molecular flexibility index (Phi) is 5.89. The topological polar surface area (TPSA) is 95.1 Å². The highest BCUT2D eigenvalue weighted by atomic mass is 32.2. The average Bonchev–Trinajstić information content (AvgIpc) is 3.06. The fraction of sp³-hybridized carbons (Fsp3) is 0.714. The number of hydrogen-bond donors (Lipinski definition) is 1. The lowest BCUT2D eigenvalue weighted by molar-refractivity contribution is 0.0690. The van der Waals surface area contributed by atoms with Crippen LogP contribution in [0.3, 0.4) is 0 Å². The van der Waals surface area contributed by atoms with Gasteiger partial charge >= 0.3 is 6.03 Å². The number of urea groups is 1. The molecule has 9 nitrogen and oxygen atoms in total. The van der Waals surface area contributed by atoms with Crippen LogP contribution < -0.4 is 5.32 Å². The van der Waals surface area contributed by atoms with Crippen molar-refractivity contribution in [3.05, 3.63) is 16.1 Å². The van der Waals surface area contributed by atoms with E-state index >= 15 is 0 Å². The van der Waals surface area contributed by atoms with Crippen molar-refractivity contribution in [2.75, 3.05) is 52.5 Å². The quantitative estimate of drug-likeness (QED) is 0.773. The van der Waals surface area contributed by atoms with Gasteiger partial charge in [-0.1, -0.05) is 0 Å². The van der Waals surface area contributed by atoms with Crippen LogP contribution in [0.25, 0.3) is 0 Å². The fourth-order valence-electron chi connectivity index (χ4n) is 2.81. The number of piperazine rings is 1. The SMILES string of the molecule is Cc1csc(CNC(=O)N2CCN(S(=O)(=O)N3CCOCC3)CC2)n1. The Bertz CT molecular complexity index is 694. The van der Waals surface area contributed by atoms with Gasteiger partial charge in [0.25, 0.3) is 10.2 Å². The summed E-state index contributed by atoms with van der Waals surface area (Å²) in [6.45, 7) is 5.31. The molecule has 2 saturated heterocycles. The second-order valence-corrected chi connectivity index (χ2v) is 8.82. The van der Waals surface area contributed by atoms with E-state index in [1.807, 2.05) is 12.3 Å². The molecule has 2 amide bonds. The van der Waals surface area contributed by atoms with Gasteiger partial charge in [0.2, 0.25) is 0 Å². The van der Waals surface area contributed by atoms with Crippen LogP contribution in [0, 0.1) is 6.92 Å². The molecule has 0 saturated carbocycles. The van der Waals surface area contributed by atoms with Crippen molar-refractivity contribution in [1.82, 2.24) is 23.8 Å². The van der Waals surface area contributed by atoms with Gasteiger partial charge in [0.1, 0.15) is 5.01 Å². The first-order chi connectivity index (χ1) is 12.0. The number of aryl methyl sites for hydroxylation is 1. The van der Waals surface area contributed by atoms with E-state index in [0.717, 1.165) is 10.7 Å². The molecule has 0 bridgehead atoms. The minimum Gasteiger partial charge on any atom is -0.379 e. The normalized spacial score (nSPS) is 20.6. The van der Waals surface area contributed by atoms with Crippen LogP contribution in [-0.4, -0.2) is 85.4 Å². The number of carbonyl (C=O) groups excluding carboxylic acids is 1. The molecule has 0 atom stereocenters. The van der Waals surface area contributed by atoms with Gasteiger partial charge in [-0.3, -0.25) is 0 Å². The van der Waals surface area contributed by atoms with Crippen LogP contribution in [0.15, 0.2) is 5.38 Å². The smallest absolute Gasteiger partial charge is 0.317 e. The monoisotopic (exact) mass is 389 g/mol. The van der Waals surface area contributed by atoms with Gasteiger partial charge in [-0.25, -0.2) is 9.78 Å². The number of nitrogens with zero attached hydrogens (tertiary/aromatic N) is 4. The fourth-order valence-corrected chi connectivity index (χ4v) is 5.08. The number of hydrogen-bond acceptors (Lipinski definition) is 6. The Labute approximate surface area is 151 Å². The first-order valence-electron chi connectivity index (χ1n) is 8.23. The molecule has 2 fully saturated rings. The van der Waals surface area contributed by atoms with E-state index in [1.165, 1.54) is 19.9 Å². The van der Waals surface area contributed by atoms with E-state index in [4.69, 9.17) is 4.74 Å². The van der Waals surface area contributed by atoms with Crippen molar-refractivity contribution in [2.45, 2.75) is 13.5 Å². The highest BCUT2D eigenvalue weighted by Crippen LogP contribution is 2.14. The van der Waals surface area contributed by atoms with Crippen molar-refractivity contribution < 1.29 is 17.9 Å². The third kappa shape index (κ3) is 4.47. The van der Waals surface area contributed by atoms with Crippen LogP contribution in [0.1, 0.15) is 10.7 Å². The van der Waals surface area contributed by atoms with Crippen LogP contribution >= 0.6 is 11.3 Å². The number of morpholine rings is 1. The summed E-state index contributed by atoms with van der Waals surface area (Å²) in [4.78, 5) is 18.2. The molecule has 1 aromatic heterocycles. The maximum atomic E-state index is 12.6. The molecule has 1 aromatic rings. The van der Waals surface area contributed by atoms with Gasteiger partial charge in [0, 0.05) is 50.3 Å². The molecule has 0 aliphatic carbocycles. The minimum absolute atomic E-state index is 0.184. The zero-order valence-electron chi connectivity index (χ0n) is 14.2. The van der Waals surface area contributed by atoms with E-state index in [9.17, 15) is 13.2 Å². The molecule has 0 spiro atoms. The van der Waals surface area contributed by atoms with E-state index in [1.54, 1.807) is 4.90 Å². The summed E-state index contributed by atoms with van der Waals surface area (Å²) in [6, 6.07) is -0.184. The number of thiazole rings is 1. The van der Waals surface area contributed by atoms with E-state index in [-0.39, 0.29) is 6.03 Å².